The Morgan fingerprint density at radius 3 is 2.96 bits per heavy atom. The highest BCUT2D eigenvalue weighted by Gasteiger charge is 2.33. The number of fused-ring (bicyclic) bond motifs is 3. The molecule has 25 heavy (non-hydrogen) atoms. The summed E-state index contributed by atoms with van der Waals surface area (Å²) in [6.45, 7) is 4.40. The zero-order chi connectivity index (χ0) is 17.6. The van der Waals surface area contributed by atoms with Crippen molar-refractivity contribution < 1.29 is 14.0 Å². The number of hydrogen-bond acceptors (Lipinski definition) is 5. The molecule has 3 aromatic rings. The Bertz CT molecular complexity index is 970. The van der Waals surface area contributed by atoms with Crippen LogP contribution in [0.15, 0.2) is 35.2 Å². The molecule has 7 heteroatoms. The summed E-state index contributed by atoms with van der Waals surface area (Å²) in [6.07, 6.45) is 5.82. The fourth-order valence-corrected chi connectivity index (χ4v) is 3.26. The number of Topliss-reactive ketones (excluding diaryl/α,β-unsaturated/α-hetero) is 1. The monoisotopic (exact) mass is 338 g/mol. The summed E-state index contributed by atoms with van der Waals surface area (Å²) in [4.78, 5) is 29.1. The molecule has 3 aromatic heterocycles. The minimum Gasteiger partial charge on any atom is -0.467 e. The number of nitrogens with zero attached hydrogens (tertiary/aromatic N) is 3. The number of ketones is 1. The zero-order valence-corrected chi connectivity index (χ0v) is 14.1. The van der Waals surface area contributed by atoms with Crippen LogP contribution in [-0.4, -0.2) is 26.3 Å². The van der Waals surface area contributed by atoms with E-state index in [1.165, 1.54) is 6.20 Å². The molecule has 1 N–H and O–H groups in total. The van der Waals surface area contributed by atoms with Gasteiger partial charge in [-0.25, -0.2) is 9.50 Å². The van der Waals surface area contributed by atoms with Gasteiger partial charge >= 0.3 is 0 Å². The lowest BCUT2D eigenvalue weighted by Gasteiger charge is -2.29. The molecule has 1 amide bonds. The van der Waals surface area contributed by atoms with Crippen LogP contribution in [0.4, 0.5) is 0 Å². The molecular formula is C18H18N4O3. The zero-order valence-electron chi connectivity index (χ0n) is 14.1. The van der Waals surface area contributed by atoms with Crippen LogP contribution in [0.5, 0.6) is 0 Å². The van der Waals surface area contributed by atoms with Crippen molar-refractivity contribution in [2.75, 3.05) is 0 Å². The lowest BCUT2D eigenvalue weighted by Crippen LogP contribution is -2.29. The topological polar surface area (TPSA) is 89.5 Å². The molecule has 128 valence electrons. The molecule has 0 saturated heterocycles. The number of rotatable bonds is 3. The van der Waals surface area contributed by atoms with Crippen molar-refractivity contribution in [1.82, 2.24) is 19.9 Å². The van der Waals surface area contributed by atoms with Gasteiger partial charge in [-0.3, -0.25) is 9.59 Å². The van der Waals surface area contributed by atoms with E-state index in [4.69, 9.17) is 4.42 Å². The van der Waals surface area contributed by atoms with Crippen molar-refractivity contribution in [3.8, 4) is 0 Å². The van der Waals surface area contributed by atoms with Gasteiger partial charge in [-0.1, -0.05) is 13.8 Å². The lowest BCUT2D eigenvalue weighted by molar-refractivity contribution is 0.0907. The van der Waals surface area contributed by atoms with Gasteiger partial charge in [-0.05, 0) is 24.0 Å². The summed E-state index contributed by atoms with van der Waals surface area (Å²) >= 11 is 0. The molecule has 0 saturated carbocycles. The standard InChI is InChI=1S/C18H18N4O3/c1-18(2)6-14-12(15(23)7-18)9-19-16-13(10-21-22(14)16)17(24)20-8-11-4-3-5-25-11/h3-5,9-10H,6-8H2,1-2H3,(H,20,24). The summed E-state index contributed by atoms with van der Waals surface area (Å²) in [5.74, 6) is 0.461. The van der Waals surface area contributed by atoms with E-state index < -0.39 is 0 Å². The third kappa shape index (κ3) is 2.71. The number of carbonyl (C=O) groups is 2. The maximum atomic E-state index is 12.5. The van der Waals surface area contributed by atoms with Crippen LogP contribution in [0.2, 0.25) is 0 Å². The van der Waals surface area contributed by atoms with Crippen molar-refractivity contribution in [2.45, 2.75) is 33.2 Å². The molecule has 1 aliphatic carbocycles. The lowest BCUT2D eigenvalue weighted by atomic mass is 9.76. The van der Waals surface area contributed by atoms with Crippen LogP contribution in [0.3, 0.4) is 0 Å². The minimum absolute atomic E-state index is 0.0694. The Labute approximate surface area is 144 Å². The molecule has 0 aliphatic heterocycles. The van der Waals surface area contributed by atoms with Crippen LogP contribution >= 0.6 is 0 Å². The van der Waals surface area contributed by atoms with Gasteiger partial charge in [0.2, 0.25) is 0 Å². The highest BCUT2D eigenvalue weighted by molar-refractivity contribution is 6.01. The Morgan fingerprint density at radius 1 is 1.36 bits per heavy atom. The Morgan fingerprint density at radius 2 is 2.20 bits per heavy atom. The van der Waals surface area contributed by atoms with E-state index in [-0.39, 0.29) is 17.1 Å². The van der Waals surface area contributed by atoms with Crippen molar-refractivity contribution in [2.24, 2.45) is 5.41 Å². The summed E-state index contributed by atoms with van der Waals surface area (Å²) in [6, 6.07) is 3.56. The molecule has 0 fully saturated rings. The number of nitrogens with one attached hydrogen (secondary N) is 1. The molecule has 0 unspecified atom stereocenters. The molecule has 0 aromatic carbocycles. The van der Waals surface area contributed by atoms with Crippen molar-refractivity contribution in [3.63, 3.8) is 0 Å². The molecule has 1 aliphatic rings. The molecule has 3 heterocycles. The average Bonchev–Trinajstić information content (AvgIpc) is 3.21. The van der Waals surface area contributed by atoms with Gasteiger partial charge in [0.15, 0.2) is 11.4 Å². The van der Waals surface area contributed by atoms with E-state index in [0.29, 0.717) is 41.9 Å². The van der Waals surface area contributed by atoms with Gasteiger partial charge in [-0.2, -0.15) is 5.10 Å². The van der Waals surface area contributed by atoms with Gasteiger partial charge < -0.3 is 9.73 Å². The molecule has 0 radical (unpaired) electrons. The second-order valence-corrected chi connectivity index (χ2v) is 7.12. The Balaban J connectivity index is 1.68. The van der Waals surface area contributed by atoms with Gasteiger partial charge in [0, 0.05) is 12.6 Å². The highest BCUT2D eigenvalue weighted by Crippen LogP contribution is 2.34. The maximum absolute atomic E-state index is 12.5. The number of carbonyl (C=O) groups excluding carboxylic acids is 2. The molecule has 0 spiro atoms. The third-order valence-corrected chi connectivity index (χ3v) is 4.46. The van der Waals surface area contributed by atoms with Gasteiger partial charge in [0.25, 0.3) is 5.91 Å². The third-order valence-electron chi connectivity index (χ3n) is 4.46. The predicted molar refractivity (Wildman–Crippen MR) is 89.3 cm³/mol. The summed E-state index contributed by atoms with van der Waals surface area (Å²) in [7, 11) is 0. The van der Waals surface area contributed by atoms with E-state index in [1.54, 1.807) is 29.1 Å². The number of furan rings is 1. The van der Waals surface area contributed by atoms with Crippen LogP contribution in [-0.2, 0) is 13.0 Å². The Hall–Kier alpha value is -2.96. The first kappa shape index (κ1) is 15.6. The van der Waals surface area contributed by atoms with Crippen molar-refractivity contribution in [1.29, 1.82) is 0 Å². The molecular weight excluding hydrogens is 320 g/mol. The van der Waals surface area contributed by atoms with Crippen LogP contribution in [0.25, 0.3) is 5.65 Å². The second-order valence-electron chi connectivity index (χ2n) is 7.12. The quantitative estimate of drug-likeness (QED) is 0.792. The minimum atomic E-state index is -0.278. The molecule has 7 nitrogen and oxygen atoms in total. The largest absolute Gasteiger partial charge is 0.467 e. The van der Waals surface area contributed by atoms with Crippen LogP contribution < -0.4 is 5.32 Å². The van der Waals surface area contributed by atoms with Crippen molar-refractivity contribution in [3.05, 3.63) is 53.4 Å². The maximum Gasteiger partial charge on any atom is 0.257 e. The van der Waals surface area contributed by atoms with Gasteiger partial charge in [0.1, 0.15) is 11.3 Å². The predicted octanol–water partition coefficient (Wildman–Crippen LogP) is 2.41. The SMILES string of the molecule is CC1(C)CC(=O)c2cnc3c(C(=O)NCc4ccco4)cnn3c2C1. The highest BCUT2D eigenvalue weighted by atomic mass is 16.3. The molecule has 0 bridgehead atoms. The average molecular weight is 338 g/mol. The first-order valence-corrected chi connectivity index (χ1v) is 8.14. The number of aromatic nitrogens is 3. The summed E-state index contributed by atoms with van der Waals surface area (Å²) in [5.41, 5.74) is 2.12. The van der Waals surface area contributed by atoms with E-state index in [1.807, 2.05) is 0 Å². The molecule has 0 atom stereocenters. The first-order valence-electron chi connectivity index (χ1n) is 8.14. The van der Waals surface area contributed by atoms with Gasteiger partial charge in [0.05, 0.1) is 30.3 Å². The first-order chi connectivity index (χ1) is 11.9. The fraction of sp³-hybridized carbons (Fsp3) is 0.333. The number of amides is 1. The van der Waals surface area contributed by atoms with Crippen LogP contribution in [0.1, 0.15) is 52.4 Å². The summed E-state index contributed by atoms with van der Waals surface area (Å²) < 4.78 is 6.83. The van der Waals surface area contributed by atoms with Gasteiger partial charge in [-0.15, -0.1) is 0 Å². The summed E-state index contributed by atoms with van der Waals surface area (Å²) in [5, 5.41) is 7.11. The smallest absolute Gasteiger partial charge is 0.257 e. The van der Waals surface area contributed by atoms with Crippen molar-refractivity contribution >= 4 is 17.3 Å². The fourth-order valence-electron chi connectivity index (χ4n) is 3.26. The van der Waals surface area contributed by atoms with E-state index in [2.05, 4.69) is 29.2 Å². The Kier molecular flexibility index (Phi) is 3.45. The number of hydrogen-bond donors (Lipinski definition) is 1. The molecule has 4 rings (SSSR count). The van der Waals surface area contributed by atoms with E-state index in [0.717, 1.165) is 5.69 Å². The van der Waals surface area contributed by atoms with Crippen LogP contribution in [0, 0.1) is 5.41 Å². The normalized spacial score (nSPS) is 16.0. The van der Waals surface area contributed by atoms with E-state index >= 15 is 0 Å². The van der Waals surface area contributed by atoms with E-state index in [9.17, 15) is 9.59 Å². The second kappa shape index (κ2) is 5.54.